The maximum Gasteiger partial charge on any atom is 0.268 e. The number of phosphoric ester groups is 1. The van der Waals surface area contributed by atoms with Crippen LogP contribution in [0.4, 0.5) is 0 Å². The molecule has 9 heteroatoms. The van der Waals surface area contributed by atoms with E-state index in [1.807, 2.05) is 27.2 Å². The molecular weight excluding hydrogens is 996 g/mol. The van der Waals surface area contributed by atoms with Gasteiger partial charge in [0.15, 0.2) is 0 Å². The van der Waals surface area contributed by atoms with E-state index in [2.05, 4.69) is 19.2 Å². The Morgan fingerprint density at radius 2 is 0.684 bits per heavy atom. The summed E-state index contributed by atoms with van der Waals surface area (Å²) in [6.07, 6.45) is 79.2. The summed E-state index contributed by atoms with van der Waals surface area (Å²) in [5.74, 6) is -0.188. The summed E-state index contributed by atoms with van der Waals surface area (Å²) >= 11 is 0. The fourth-order valence-corrected chi connectivity index (χ4v) is 11.9. The maximum absolute atomic E-state index is 13.0. The molecule has 0 aromatic rings. The van der Waals surface area contributed by atoms with E-state index >= 15 is 0 Å². The number of quaternary nitrogens is 1. The number of hydrogen-bond acceptors (Lipinski definition) is 6. The lowest BCUT2D eigenvalue weighted by atomic mass is 10.0. The third kappa shape index (κ3) is 64.7. The first-order valence-electron chi connectivity index (χ1n) is 35.6. The van der Waals surface area contributed by atoms with Crippen LogP contribution in [0, 0.1) is 0 Å². The number of nitrogens with one attached hydrogen (secondary N) is 1. The molecule has 0 aliphatic rings. The minimum atomic E-state index is -4.60. The van der Waals surface area contributed by atoms with Gasteiger partial charge in [-0.1, -0.05) is 366 Å². The highest BCUT2D eigenvalue weighted by Crippen LogP contribution is 2.38. The zero-order valence-electron chi connectivity index (χ0n) is 54.1. The highest BCUT2D eigenvalue weighted by Gasteiger charge is 2.23. The fraction of sp³-hybridized carbons (Fsp3) is 0.957. The summed E-state index contributed by atoms with van der Waals surface area (Å²) < 4.78 is 23.4. The molecule has 2 N–H and O–H groups in total. The number of carbonyl (C=O) groups is 1. The standard InChI is InChI=1S/C70H141N2O6P/c1-6-8-10-12-14-16-18-20-22-24-26-27-28-29-30-31-32-33-34-35-36-37-38-39-40-41-42-43-44-46-48-50-52-54-56-58-60-62-64-70(74)71-68(67-78-79(75,76)77-66-65-72(3,4)5)69(73)63-61-59-57-55-53-51-49-47-45-25-23-21-19-17-15-13-11-9-7-2/h61,63,68-69,73H,6-60,62,64-67H2,1-5H3,(H-,71,74,75,76)/b63-61+. The number of amides is 1. The number of carbonyl (C=O) groups excluding carboxylic acids is 1. The molecule has 0 saturated heterocycles. The van der Waals surface area contributed by atoms with E-state index in [-0.39, 0.29) is 19.1 Å². The molecule has 1 amide bonds. The SMILES string of the molecule is CCCCCCCCCCCCCCCCCCC/C=C/C(O)C(COP(=O)([O-])OCC[N+](C)(C)C)NC(=O)CCCCCCCCCCCCCCCCCCCCCCCCCCCCCCCCCCCCCCCC. The molecule has 0 aliphatic heterocycles. The van der Waals surface area contributed by atoms with Gasteiger partial charge in [-0.05, 0) is 19.3 Å². The second-order valence-electron chi connectivity index (χ2n) is 26.0. The van der Waals surface area contributed by atoms with Crippen LogP contribution in [0.25, 0.3) is 0 Å². The van der Waals surface area contributed by atoms with Crippen LogP contribution in [-0.2, 0) is 18.4 Å². The van der Waals surface area contributed by atoms with Crippen LogP contribution < -0.4 is 10.2 Å². The van der Waals surface area contributed by atoms with Crippen LogP contribution in [0.1, 0.15) is 380 Å². The second-order valence-corrected chi connectivity index (χ2v) is 27.4. The summed E-state index contributed by atoms with van der Waals surface area (Å²) in [7, 11) is 1.28. The summed E-state index contributed by atoms with van der Waals surface area (Å²) in [6.45, 7) is 4.72. The third-order valence-corrected chi connectivity index (χ3v) is 17.7. The Hall–Kier alpha value is -0.760. The molecular formula is C70H141N2O6P. The highest BCUT2D eigenvalue weighted by atomic mass is 31.2. The molecule has 0 aliphatic carbocycles. The molecule has 0 saturated carbocycles. The van der Waals surface area contributed by atoms with Crippen LogP contribution in [0.5, 0.6) is 0 Å². The van der Waals surface area contributed by atoms with Crippen molar-refractivity contribution >= 4 is 13.7 Å². The van der Waals surface area contributed by atoms with Gasteiger partial charge >= 0.3 is 0 Å². The van der Waals surface area contributed by atoms with E-state index in [9.17, 15) is 19.4 Å². The third-order valence-electron chi connectivity index (χ3n) is 16.7. The van der Waals surface area contributed by atoms with Gasteiger partial charge in [0.1, 0.15) is 13.2 Å². The zero-order chi connectivity index (χ0) is 57.7. The van der Waals surface area contributed by atoms with Gasteiger partial charge in [0.25, 0.3) is 7.82 Å². The Labute approximate surface area is 494 Å². The molecule has 0 aromatic heterocycles. The minimum Gasteiger partial charge on any atom is -0.756 e. The van der Waals surface area contributed by atoms with Gasteiger partial charge < -0.3 is 28.8 Å². The number of unbranched alkanes of at least 4 members (excludes halogenated alkanes) is 54. The first kappa shape index (κ1) is 78.2. The van der Waals surface area contributed by atoms with Crippen molar-refractivity contribution in [2.75, 3.05) is 40.9 Å². The summed E-state index contributed by atoms with van der Waals surface area (Å²) in [5.41, 5.74) is 0. The highest BCUT2D eigenvalue weighted by molar-refractivity contribution is 7.45. The molecule has 79 heavy (non-hydrogen) atoms. The lowest BCUT2D eigenvalue weighted by molar-refractivity contribution is -0.870. The molecule has 8 nitrogen and oxygen atoms in total. The minimum absolute atomic E-state index is 0.00288. The van der Waals surface area contributed by atoms with Gasteiger partial charge in [0, 0.05) is 6.42 Å². The Balaban J connectivity index is 3.90. The molecule has 0 spiro atoms. The second kappa shape index (κ2) is 61.8. The molecule has 0 bridgehead atoms. The number of aliphatic hydroxyl groups excluding tert-OH is 1. The fourth-order valence-electron chi connectivity index (χ4n) is 11.2. The number of nitrogens with zero attached hydrogens (tertiary/aromatic N) is 1. The average Bonchev–Trinajstić information content (AvgIpc) is 3.42. The number of allylic oxidation sites excluding steroid dienone is 1. The smallest absolute Gasteiger partial charge is 0.268 e. The predicted octanol–water partition coefficient (Wildman–Crippen LogP) is 21.9. The van der Waals surface area contributed by atoms with E-state index < -0.39 is 20.0 Å². The van der Waals surface area contributed by atoms with Crippen LogP contribution in [0.2, 0.25) is 0 Å². The van der Waals surface area contributed by atoms with Crippen molar-refractivity contribution in [1.82, 2.24) is 5.32 Å². The van der Waals surface area contributed by atoms with E-state index in [0.717, 1.165) is 38.5 Å². The largest absolute Gasteiger partial charge is 0.756 e. The lowest BCUT2D eigenvalue weighted by Gasteiger charge is -2.29. The number of aliphatic hydroxyl groups is 1. The molecule has 0 aromatic carbocycles. The van der Waals surface area contributed by atoms with Crippen molar-refractivity contribution in [3.63, 3.8) is 0 Å². The monoisotopic (exact) mass is 1140 g/mol. The molecule has 0 radical (unpaired) electrons. The molecule has 0 heterocycles. The van der Waals surface area contributed by atoms with Gasteiger partial charge in [-0.3, -0.25) is 9.36 Å². The van der Waals surface area contributed by atoms with Crippen molar-refractivity contribution in [3.05, 3.63) is 12.2 Å². The Kier molecular flexibility index (Phi) is 61.2. The normalized spacial score (nSPS) is 13.7. The molecule has 0 fully saturated rings. The molecule has 472 valence electrons. The van der Waals surface area contributed by atoms with E-state index in [0.29, 0.717) is 17.4 Å². The Morgan fingerprint density at radius 3 is 0.949 bits per heavy atom. The zero-order valence-corrected chi connectivity index (χ0v) is 55.0. The van der Waals surface area contributed by atoms with Crippen LogP contribution in [-0.4, -0.2) is 68.5 Å². The van der Waals surface area contributed by atoms with Crippen LogP contribution in [0.15, 0.2) is 12.2 Å². The quantitative estimate of drug-likeness (QED) is 0.0272. The number of rotatable bonds is 67. The van der Waals surface area contributed by atoms with Crippen molar-refractivity contribution in [3.8, 4) is 0 Å². The van der Waals surface area contributed by atoms with Gasteiger partial charge in [-0.25, -0.2) is 0 Å². The van der Waals surface area contributed by atoms with E-state index in [1.54, 1.807) is 6.08 Å². The van der Waals surface area contributed by atoms with E-state index in [1.165, 1.54) is 321 Å². The summed E-state index contributed by atoms with van der Waals surface area (Å²) in [5, 5.41) is 13.9. The predicted molar refractivity (Wildman–Crippen MR) is 344 cm³/mol. The number of likely N-dealkylation sites (N-methyl/N-ethyl adjacent to an activating group) is 1. The Morgan fingerprint density at radius 1 is 0.430 bits per heavy atom. The van der Waals surface area contributed by atoms with E-state index in [4.69, 9.17) is 9.05 Å². The van der Waals surface area contributed by atoms with Gasteiger partial charge in [-0.2, -0.15) is 0 Å². The molecule has 3 unspecified atom stereocenters. The van der Waals surface area contributed by atoms with Crippen molar-refractivity contribution in [1.29, 1.82) is 0 Å². The topological polar surface area (TPSA) is 108 Å². The number of hydrogen-bond donors (Lipinski definition) is 2. The molecule has 3 atom stereocenters. The number of phosphoric acid groups is 1. The van der Waals surface area contributed by atoms with Crippen molar-refractivity contribution in [2.24, 2.45) is 0 Å². The van der Waals surface area contributed by atoms with Crippen LogP contribution >= 0.6 is 7.82 Å². The lowest BCUT2D eigenvalue weighted by Crippen LogP contribution is -2.45. The first-order chi connectivity index (χ1) is 38.5. The molecule has 0 rings (SSSR count). The van der Waals surface area contributed by atoms with Crippen LogP contribution in [0.3, 0.4) is 0 Å². The van der Waals surface area contributed by atoms with Crippen molar-refractivity contribution < 1.29 is 32.9 Å². The average molecular weight is 1140 g/mol. The van der Waals surface area contributed by atoms with Gasteiger partial charge in [0.05, 0.1) is 39.9 Å². The maximum atomic E-state index is 13.0. The summed E-state index contributed by atoms with van der Waals surface area (Å²) in [6, 6.07) is -0.883. The van der Waals surface area contributed by atoms with Gasteiger partial charge in [0.2, 0.25) is 5.91 Å². The Bertz CT molecular complexity index is 1290. The van der Waals surface area contributed by atoms with Gasteiger partial charge in [-0.15, -0.1) is 0 Å². The van der Waals surface area contributed by atoms with Crippen molar-refractivity contribution in [2.45, 2.75) is 392 Å². The first-order valence-corrected chi connectivity index (χ1v) is 37.0. The summed E-state index contributed by atoms with van der Waals surface area (Å²) in [4.78, 5) is 25.6.